The summed E-state index contributed by atoms with van der Waals surface area (Å²) < 4.78 is 4.97. The van der Waals surface area contributed by atoms with Crippen LogP contribution in [0.2, 0.25) is 0 Å². The van der Waals surface area contributed by atoms with Crippen molar-refractivity contribution in [2.24, 2.45) is 5.92 Å². The van der Waals surface area contributed by atoms with Gasteiger partial charge in [-0.3, -0.25) is 4.79 Å². The summed E-state index contributed by atoms with van der Waals surface area (Å²) in [7, 11) is 1.58. The first kappa shape index (κ1) is 15.5. The molecule has 1 rings (SSSR count). The third-order valence-corrected chi connectivity index (χ3v) is 3.23. The van der Waals surface area contributed by atoms with E-state index in [2.05, 4.69) is 6.58 Å². The number of rotatable bonds is 6. The molecule has 1 aliphatic rings. The average molecular weight is 270 g/mol. The summed E-state index contributed by atoms with van der Waals surface area (Å²) in [6.45, 7) is 5.91. The highest BCUT2D eigenvalue weighted by Crippen LogP contribution is 2.18. The van der Waals surface area contributed by atoms with Crippen molar-refractivity contribution in [3.8, 4) is 0 Å². The predicted octanol–water partition coefficient (Wildman–Crippen LogP) is 1.04. The second-order valence-electron chi connectivity index (χ2n) is 4.63. The lowest BCUT2D eigenvalue weighted by Crippen LogP contribution is -2.49. The third kappa shape index (κ3) is 4.55. The highest BCUT2D eigenvalue weighted by Gasteiger charge is 2.30. The molecule has 0 aromatic carbocycles. The summed E-state index contributed by atoms with van der Waals surface area (Å²) in [6.07, 6.45) is 3.03. The molecule has 108 valence electrons. The van der Waals surface area contributed by atoms with Crippen molar-refractivity contribution in [3.63, 3.8) is 0 Å². The molecule has 0 aromatic heterocycles. The number of methoxy groups -OCH3 is 1. The van der Waals surface area contributed by atoms with E-state index in [0.717, 1.165) is 6.42 Å². The number of amides is 2. The Kier molecular flexibility index (Phi) is 6.35. The number of carbonyl (C=O) groups is 2. The van der Waals surface area contributed by atoms with Gasteiger partial charge in [-0.15, -0.1) is 6.58 Å². The zero-order valence-corrected chi connectivity index (χ0v) is 11.4. The number of urea groups is 1. The average Bonchev–Trinajstić information content (AvgIpc) is 2.42. The van der Waals surface area contributed by atoms with Crippen molar-refractivity contribution >= 4 is 12.0 Å². The SMILES string of the molecule is C=CCN(CCOC)C(=O)N1CCC[C@H](C(=O)O)C1. The molecule has 6 heteroatoms. The van der Waals surface area contributed by atoms with Crippen LogP contribution in [0.15, 0.2) is 12.7 Å². The Hall–Kier alpha value is -1.56. The molecule has 1 atom stereocenters. The minimum Gasteiger partial charge on any atom is -0.481 e. The first-order chi connectivity index (χ1) is 9.10. The first-order valence-electron chi connectivity index (χ1n) is 6.46. The van der Waals surface area contributed by atoms with Crippen molar-refractivity contribution in [2.45, 2.75) is 12.8 Å². The molecular formula is C13H22N2O4. The van der Waals surface area contributed by atoms with E-state index in [0.29, 0.717) is 32.7 Å². The molecule has 0 saturated carbocycles. The summed E-state index contributed by atoms with van der Waals surface area (Å²) in [4.78, 5) is 26.6. The van der Waals surface area contributed by atoms with Gasteiger partial charge in [0.05, 0.1) is 12.5 Å². The van der Waals surface area contributed by atoms with E-state index in [4.69, 9.17) is 9.84 Å². The van der Waals surface area contributed by atoms with Gasteiger partial charge in [-0.25, -0.2) is 4.79 Å². The standard InChI is InChI=1S/C13H22N2O4/c1-3-6-14(8-9-19-2)13(18)15-7-4-5-11(10-15)12(16)17/h3,11H,1,4-10H2,2H3,(H,16,17)/t11-/m0/s1. The van der Waals surface area contributed by atoms with Crippen LogP contribution in [0.4, 0.5) is 4.79 Å². The summed E-state index contributed by atoms with van der Waals surface area (Å²) in [5, 5.41) is 9.03. The molecule has 1 N–H and O–H groups in total. The Morgan fingerprint density at radius 3 is 2.89 bits per heavy atom. The minimum absolute atomic E-state index is 0.136. The van der Waals surface area contributed by atoms with E-state index in [1.807, 2.05) is 0 Å². The van der Waals surface area contributed by atoms with Gasteiger partial charge in [0.2, 0.25) is 0 Å². The van der Waals surface area contributed by atoms with Crippen LogP contribution >= 0.6 is 0 Å². The van der Waals surface area contributed by atoms with Gasteiger partial charge in [-0.2, -0.15) is 0 Å². The normalized spacial score (nSPS) is 19.0. The zero-order chi connectivity index (χ0) is 14.3. The van der Waals surface area contributed by atoms with Gasteiger partial charge in [0.25, 0.3) is 0 Å². The lowest BCUT2D eigenvalue weighted by molar-refractivity contribution is -0.143. The number of carboxylic acids is 1. The molecular weight excluding hydrogens is 248 g/mol. The number of aliphatic carboxylic acids is 1. The Bertz CT molecular complexity index is 333. The van der Waals surface area contributed by atoms with Crippen LogP contribution in [0, 0.1) is 5.92 Å². The number of piperidine rings is 1. The Morgan fingerprint density at radius 2 is 2.32 bits per heavy atom. The Morgan fingerprint density at radius 1 is 1.58 bits per heavy atom. The fourth-order valence-electron chi connectivity index (χ4n) is 2.17. The number of carboxylic acid groups (broad SMARTS) is 1. The number of hydrogen-bond donors (Lipinski definition) is 1. The Labute approximate surface area is 113 Å². The topological polar surface area (TPSA) is 70.1 Å². The summed E-state index contributed by atoms with van der Waals surface area (Å²) in [5.74, 6) is -1.28. The van der Waals surface area contributed by atoms with E-state index < -0.39 is 11.9 Å². The van der Waals surface area contributed by atoms with Crippen LogP contribution in [0.3, 0.4) is 0 Å². The van der Waals surface area contributed by atoms with Gasteiger partial charge in [0, 0.05) is 33.3 Å². The molecule has 0 aliphatic carbocycles. The van der Waals surface area contributed by atoms with Gasteiger partial charge in [-0.05, 0) is 12.8 Å². The van der Waals surface area contributed by atoms with Crippen molar-refractivity contribution in [3.05, 3.63) is 12.7 Å². The summed E-state index contributed by atoms with van der Waals surface area (Å²) >= 11 is 0. The molecule has 1 aliphatic heterocycles. The molecule has 1 saturated heterocycles. The van der Waals surface area contributed by atoms with Gasteiger partial charge in [0.1, 0.15) is 0 Å². The minimum atomic E-state index is -0.829. The molecule has 0 bridgehead atoms. The maximum atomic E-state index is 12.3. The van der Waals surface area contributed by atoms with Crippen LogP contribution in [0.25, 0.3) is 0 Å². The van der Waals surface area contributed by atoms with Crippen molar-refractivity contribution in [1.29, 1.82) is 0 Å². The zero-order valence-electron chi connectivity index (χ0n) is 11.4. The molecule has 0 unspecified atom stereocenters. The fraction of sp³-hybridized carbons (Fsp3) is 0.692. The molecule has 1 fully saturated rings. The van der Waals surface area contributed by atoms with Gasteiger partial charge >= 0.3 is 12.0 Å². The van der Waals surface area contributed by atoms with Crippen LogP contribution in [0.1, 0.15) is 12.8 Å². The van der Waals surface area contributed by atoms with Gasteiger partial charge in [-0.1, -0.05) is 6.08 Å². The van der Waals surface area contributed by atoms with Gasteiger partial charge < -0.3 is 19.6 Å². The molecule has 0 aromatic rings. The molecule has 19 heavy (non-hydrogen) atoms. The second-order valence-corrected chi connectivity index (χ2v) is 4.63. The van der Waals surface area contributed by atoms with E-state index in [1.165, 1.54) is 0 Å². The monoisotopic (exact) mass is 270 g/mol. The molecule has 0 spiro atoms. The van der Waals surface area contributed by atoms with Crippen molar-refractivity contribution in [1.82, 2.24) is 9.80 Å². The summed E-state index contributed by atoms with van der Waals surface area (Å²) in [5.41, 5.74) is 0. The van der Waals surface area contributed by atoms with Crippen LogP contribution in [0.5, 0.6) is 0 Å². The lowest BCUT2D eigenvalue weighted by Gasteiger charge is -2.34. The number of likely N-dealkylation sites (tertiary alicyclic amines) is 1. The number of hydrogen-bond acceptors (Lipinski definition) is 3. The van der Waals surface area contributed by atoms with Crippen LogP contribution in [-0.4, -0.2) is 66.8 Å². The largest absolute Gasteiger partial charge is 0.481 e. The fourth-order valence-corrected chi connectivity index (χ4v) is 2.17. The van der Waals surface area contributed by atoms with E-state index in [-0.39, 0.29) is 12.6 Å². The highest BCUT2D eigenvalue weighted by molar-refractivity contribution is 5.76. The number of nitrogens with zero attached hydrogens (tertiary/aromatic N) is 2. The highest BCUT2D eigenvalue weighted by atomic mass is 16.5. The van der Waals surface area contributed by atoms with Crippen LogP contribution in [-0.2, 0) is 9.53 Å². The van der Waals surface area contributed by atoms with Gasteiger partial charge in [0.15, 0.2) is 0 Å². The van der Waals surface area contributed by atoms with E-state index in [1.54, 1.807) is 23.0 Å². The Balaban J connectivity index is 2.61. The smallest absolute Gasteiger partial charge is 0.320 e. The second kappa shape index (κ2) is 7.78. The maximum absolute atomic E-state index is 12.3. The molecule has 2 amide bonds. The molecule has 1 heterocycles. The maximum Gasteiger partial charge on any atom is 0.320 e. The van der Waals surface area contributed by atoms with E-state index in [9.17, 15) is 9.59 Å². The van der Waals surface area contributed by atoms with Crippen LogP contribution < -0.4 is 0 Å². The third-order valence-electron chi connectivity index (χ3n) is 3.23. The number of carbonyl (C=O) groups excluding carboxylic acids is 1. The first-order valence-corrected chi connectivity index (χ1v) is 6.46. The quantitative estimate of drug-likeness (QED) is 0.732. The van der Waals surface area contributed by atoms with E-state index >= 15 is 0 Å². The lowest BCUT2D eigenvalue weighted by atomic mass is 9.99. The van der Waals surface area contributed by atoms with Crippen molar-refractivity contribution < 1.29 is 19.4 Å². The predicted molar refractivity (Wildman–Crippen MR) is 71.0 cm³/mol. The number of ether oxygens (including phenoxy) is 1. The van der Waals surface area contributed by atoms with Crippen molar-refractivity contribution in [2.75, 3.05) is 39.9 Å². The molecule has 0 radical (unpaired) electrons. The summed E-state index contributed by atoms with van der Waals surface area (Å²) in [6, 6.07) is -0.136. The molecule has 6 nitrogen and oxygen atoms in total.